The standard InChI is InChI=1S/C13H16N2O2S/c1-4-12-14-9-7-10(16-3)11(17-5-2)6-8(9)13(18)15-12/h6-7H,4-5H2,1-3H3,(H,14,15,18). The maximum absolute atomic E-state index is 5.53. The Kier molecular flexibility index (Phi) is 3.81. The van der Waals surface area contributed by atoms with Crippen LogP contribution in [0.25, 0.3) is 10.9 Å². The van der Waals surface area contributed by atoms with Gasteiger partial charge in [-0.2, -0.15) is 0 Å². The predicted molar refractivity (Wildman–Crippen MR) is 74.0 cm³/mol. The molecule has 1 aromatic heterocycles. The van der Waals surface area contributed by atoms with E-state index in [0.29, 0.717) is 22.7 Å². The Morgan fingerprint density at radius 1 is 1.28 bits per heavy atom. The Labute approximate surface area is 111 Å². The van der Waals surface area contributed by atoms with Gasteiger partial charge in [0, 0.05) is 17.9 Å². The van der Waals surface area contributed by atoms with Crippen LogP contribution in [0.2, 0.25) is 0 Å². The summed E-state index contributed by atoms with van der Waals surface area (Å²) in [5, 5.41) is 0.881. The molecule has 0 unspecified atom stereocenters. The molecule has 2 aromatic rings. The molecular weight excluding hydrogens is 248 g/mol. The zero-order valence-electron chi connectivity index (χ0n) is 10.7. The molecule has 0 saturated heterocycles. The summed E-state index contributed by atoms with van der Waals surface area (Å²) in [6, 6.07) is 3.78. The predicted octanol–water partition coefficient (Wildman–Crippen LogP) is 3.26. The van der Waals surface area contributed by atoms with E-state index in [0.717, 1.165) is 23.1 Å². The van der Waals surface area contributed by atoms with Crippen LogP contribution in [0, 0.1) is 4.64 Å². The van der Waals surface area contributed by atoms with Crippen LogP contribution in [-0.4, -0.2) is 23.7 Å². The number of nitrogens with zero attached hydrogens (tertiary/aromatic N) is 1. The van der Waals surface area contributed by atoms with Crippen LogP contribution in [0.3, 0.4) is 0 Å². The van der Waals surface area contributed by atoms with Gasteiger partial charge in [0.2, 0.25) is 0 Å². The van der Waals surface area contributed by atoms with Gasteiger partial charge in [-0.1, -0.05) is 19.1 Å². The molecule has 5 heteroatoms. The lowest BCUT2D eigenvalue weighted by Gasteiger charge is -2.11. The van der Waals surface area contributed by atoms with E-state index in [1.54, 1.807) is 7.11 Å². The molecule has 0 atom stereocenters. The number of rotatable bonds is 4. The number of hydrogen-bond donors (Lipinski definition) is 1. The van der Waals surface area contributed by atoms with Gasteiger partial charge in [0.1, 0.15) is 10.5 Å². The Bertz CT molecular complexity index is 622. The van der Waals surface area contributed by atoms with Gasteiger partial charge in [-0.05, 0) is 13.0 Å². The molecule has 0 aliphatic rings. The van der Waals surface area contributed by atoms with Gasteiger partial charge in [-0.25, -0.2) is 4.98 Å². The molecular formula is C13H16N2O2S. The molecule has 0 amide bonds. The van der Waals surface area contributed by atoms with Gasteiger partial charge in [-0.3, -0.25) is 0 Å². The normalized spacial score (nSPS) is 10.6. The summed E-state index contributed by atoms with van der Waals surface area (Å²) in [5.74, 6) is 2.26. The van der Waals surface area contributed by atoms with Crippen LogP contribution in [0.15, 0.2) is 12.1 Å². The molecule has 0 saturated carbocycles. The lowest BCUT2D eigenvalue weighted by atomic mass is 10.2. The molecule has 1 N–H and O–H groups in total. The average molecular weight is 264 g/mol. The molecule has 0 spiro atoms. The summed E-state index contributed by atoms with van der Waals surface area (Å²) < 4.78 is 11.4. The van der Waals surface area contributed by atoms with E-state index in [-0.39, 0.29) is 0 Å². The van der Waals surface area contributed by atoms with Crippen molar-refractivity contribution >= 4 is 23.1 Å². The molecule has 4 nitrogen and oxygen atoms in total. The lowest BCUT2D eigenvalue weighted by Crippen LogP contribution is -1.98. The van der Waals surface area contributed by atoms with Crippen LogP contribution in [0.4, 0.5) is 0 Å². The summed E-state index contributed by atoms with van der Waals surface area (Å²) in [5.41, 5.74) is 0.923. The maximum atomic E-state index is 5.53. The Hall–Kier alpha value is -1.62. The van der Waals surface area contributed by atoms with Crippen LogP contribution in [0.1, 0.15) is 19.7 Å². The highest BCUT2D eigenvalue weighted by Crippen LogP contribution is 2.31. The molecule has 18 heavy (non-hydrogen) atoms. The number of hydrogen-bond acceptors (Lipinski definition) is 4. The van der Waals surface area contributed by atoms with E-state index in [9.17, 15) is 0 Å². The van der Waals surface area contributed by atoms with Gasteiger partial charge in [-0.15, -0.1) is 0 Å². The number of nitrogens with one attached hydrogen (secondary N) is 1. The molecule has 1 aromatic carbocycles. The first kappa shape index (κ1) is 12.8. The summed E-state index contributed by atoms with van der Waals surface area (Å²) in [7, 11) is 1.63. The van der Waals surface area contributed by atoms with Crippen molar-refractivity contribution in [3.05, 3.63) is 22.6 Å². The Morgan fingerprint density at radius 2 is 2.06 bits per heavy atom. The van der Waals surface area contributed by atoms with E-state index in [4.69, 9.17) is 21.7 Å². The molecule has 0 aliphatic heterocycles. The van der Waals surface area contributed by atoms with Gasteiger partial charge in [0.25, 0.3) is 0 Å². The number of fused-ring (bicyclic) bond motifs is 1. The summed E-state index contributed by atoms with van der Waals surface area (Å²) in [6.45, 7) is 4.55. The number of ether oxygens (including phenoxy) is 2. The second-order valence-electron chi connectivity index (χ2n) is 3.82. The topological polar surface area (TPSA) is 47.1 Å². The average Bonchev–Trinajstić information content (AvgIpc) is 2.38. The van der Waals surface area contributed by atoms with E-state index < -0.39 is 0 Å². The fraction of sp³-hybridized carbons (Fsp3) is 0.385. The first-order chi connectivity index (χ1) is 8.69. The minimum atomic E-state index is 0.582. The number of aromatic nitrogens is 2. The van der Waals surface area contributed by atoms with Crippen molar-refractivity contribution in [3.63, 3.8) is 0 Å². The van der Waals surface area contributed by atoms with Crippen molar-refractivity contribution in [1.82, 2.24) is 9.97 Å². The van der Waals surface area contributed by atoms with Crippen LogP contribution in [0.5, 0.6) is 11.5 Å². The zero-order valence-corrected chi connectivity index (χ0v) is 11.6. The molecule has 2 rings (SSSR count). The number of benzene rings is 1. The van der Waals surface area contributed by atoms with Gasteiger partial charge in [0.05, 0.1) is 19.2 Å². The molecule has 96 valence electrons. The van der Waals surface area contributed by atoms with Crippen molar-refractivity contribution in [2.24, 2.45) is 0 Å². The van der Waals surface area contributed by atoms with Gasteiger partial charge < -0.3 is 14.5 Å². The molecule has 0 bridgehead atoms. The van der Waals surface area contributed by atoms with E-state index in [1.165, 1.54) is 0 Å². The second kappa shape index (κ2) is 5.35. The number of H-pyrrole nitrogens is 1. The largest absolute Gasteiger partial charge is 0.493 e. The monoisotopic (exact) mass is 264 g/mol. The minimum Gasteiger partial charge on any atom is -0.493 e. The number of aromatic amines is 1. The fourth-order valence-electron chi connectivity index (χ4n) is 1.80. The Balaban J connectivity index is 2.70. The number of methoxy groups -OCH3 is 1. The van der Waals surface area contributed by atoms with E-state index in [2.05, 4.69) is 9.97 Å². The highest BCUT2D eigenvalue weighted by Gasteiger charge is 2.09. The summed E-state index contributed by atoms with van der Waals surface area (Å²) >= 11 is 5.30. The summed E-state index contributed by atoms with van der Waals surface area (Å²) in [6.07, 6.45) is 0.815. The van der Waals surface area contributed by atoms with Crippen LogP contribution < -0.4 is 9.47 Å². The van der Waals surface area contributed by atoms with E-state index >= 15 is 0 Å². The second-order valence-corrected chi connectivity index (χ2v) is 4.21. The van der Waals surface area contributed by atoms with Crippen molar-refractivity contribution in [1.29, 1.82) is 0 Å². The third kappa shape index (κ3) is 2.31. The summed E-state index contributed by atoms with van der Waals surface area (Å²) in [4.78, 5) is 7.59. The highest BCUT2D eigenvalue weighted by atomic mass is 32.1. The maximum Gasteiger partial charge on any atom is 0.162 e. The minimum absolute atomic E-state index is 0.582. The smallest absolute Gasteiger partial charge is 0.162 e. The van der Waals surface area contributed by atoms with Crippen LogP contribution in [-0.2, 0) is 6.42 Å². The van der Waals surface area contributed by atoms with Crippen molar-refractivity contribution in [2.45, 2.75) is 20.3 Å². The van der Waals surface area contributed by atoms with Gasteiger partial charge >= 0.3 is 0 Å². The first-order valence-electron chi connectivity index (χ1n) is 5.93. The molecule has 1 heterocycles. The van der Waals surface area contributed by atoms with E-state index in [1.807, 2.05) is 26.0 Å². The molecule has 0 radical (unpaired) electrons. The third-order valence-corrected chi connectivity index (χ3v) is 3.00. The molecule has 0 fully saturated rings. The number of aryl methyl sites for hydroxylation is 1. The quantitative estimate of drug-likeness (QED) is 0.861. The lowest BCUT2D eigenvalue weighted by molar-refractivity contribution is 0.311. The van der Waals surface area contributed by atoms with Crippen molar-refractivity contribution < 1.29 is 9.47 Å². The van der Waals surface area contributed by atoms with Crippen molar-refractivity contribution in [2.75, 3.05) is 13.7 Å². The SMILES string of the molecule is CCOc1cc2c(=S)nc(CC)[nH]c2cc1OC. The Morgan fingerprint density at radius 3 is 2.67 bits per heavy atom. The third-order valence-electron chi connectivity index (χ3n) is 2.68. The molecule has 0 aliphatic carbocycles. The van der Waals surface area contributed by atoms with Crippen LogP contribution >= 0.6 is 12.2 Å². The fourth-order valence-corrected chi connectivity index (χ4v) is 2.08. The van der Waals surface area contributed by atoms with Crippen molar-refractivity contribution in [3.8, 4) is 11.5 Å². The first-order valence-corrected chi connectivity index (χ1v) is 6.34. The zero-order chi connectivity index (χ0) is 13.1. The highest BCUT2D eigenvalue weighted by molar-refractivity contribution is 7.71. The van der Waals surface area contributed by atoms with Gasteiger partial charge in [0.15, 0.2) is 11.5 Å².